The molecule has 0 bridgehead atoms. The standard InChI is InChI=1S/C21H25N3O2.C21H24N2O3/c22-14-20(25)17-12-10-16(11-13-17)15-24(19-8-2-1-3-9-19)21(26)23-18-6-4-5-7-18;1-26-20(24)17-13-11-16(12-14-17)15-23(19-9-3-2-4-10-19)21(25)22-18-7-5-6-8-18/h1-3,8-13,18H,4-7,14-15,22H2,(H,23,26);2-4,9-14,18H,5-8,15H2,1H3,(H,22,25). The Kier molecular flexibility index (Phi) is 14.0. The number of nitrogens with two attached hydrogens (primary N) is 1. The number of Topliss-reactive ketones (excluding diaryl/α,β-unsaturated/α-hetero) is 1. The second-order valence-corrected chi connectivity index (χ2v) is 13.2. The first kappa shape index (κ1) is 37.8. The van der Waals surface area contributed by atoms with Crippen molar-refractivity contribution in [2.24, 2.45) is 5.73 Å². The van der Waals surface area contributed by atoms with Gasteiger partial charge in [-0.1, -0.05) is 98.5 Å². The molecule has 0 atom stereocenters. The highest BCUT2D eigenvalue weighted by atomic mass is 16.5. The first-order valence-electron chi connectivity index (χ1n) is 18.1. The summed E-state index contributed by atoms with van der Waals surface area (Å²) in [5.41, 5.74) is 10.1. The molecule has 0 spiro atoms. The molecule has 2 aliphatic rings. The monoisotopic (exact) mass is 703 g/mol. The summed E-state index contributed by atoms with van der Waals surface area (Å²) < 4.78 is 4.73. The minimum Gasteiger partial charge on any atom is -0.465 e. The normalized spacial score (nSPS) is 14.1. The molecule has 0 radical (unpaired) electrons. The van der Waals surface area contributed by atoms with Crippen molar-refractivity contribution in [2.45, 2.75) is 76.5 Å². The van der Waals surface area contributed by atoms with Crippen LogP contribution in [-0.2, 0) is 17.8 Å². The van der Waals surface area contributed by atoms with Crippen LogP contribution in [0.4, 0.5) is 21.0 Å². The number of nitrogens with one attached hydrogen (secondary N) is 2. The first-order chi connectivity index (χ1) is 25.3. The maximum Gasteiger partial charge on any atom is 0.337 e. The van der Waals surface area contributed by atoms with Crippen LogP contribution in [0.15, 0.2) is 109 Å². The molecule has 0 saturated heterocycles. The lowest BCUT2D eigenvalue weighted by Crippen LogP contribution is -2.43. The van der Waals surface area contributed by atoms with E-state index in [4.69, 9.17) is 10.5 Å². The van der Waals surface area contributed by atoms with E-state index >= 15 is 0 Å². The molecule has 6 rings (SSSR count). The molecule has 4 aromatic carbocycles. The van der Waals surface area contributed by atoms with Crippen molar-refractivity contribution in [1.82, 2.24) is 10.6 Å². The second-order valence-electron chi connectivity index (χ2n) is 13.2. The highest BCUT2D eigenvalue weighted by Crippen LogP contribution is 2.23. The number of carbonyl (C=O) groups is 4. The summed E-state index contributed by atoms with van der Waals surface area (Å²) in [5.74, 6) is -0.453. The van der Waals surface area contributed by atoms with Crippen LogP contribution in [0.1, 0.15) is 83.2 Å². The molecule has 0 aromatic heterocycles. The van der Waals surface area contributed by atoms with Crippen LogP contribution in [0, 0.1) is 0 Å². The van der Waals surface area contributed by atoms with Gasteiger partial charge in [0.2, 0.25) is 0 Å². The largest absolute Gasteiger partial charge is 0.465 e. The lowest BCUT2D eigenvalue weighted by atomic mass is 10.1. The molecule has 4 aromatic rings. The van der Waals surface area contributed by atoms with Crippen LogP contribution in [-0.4, -0.2) is 49.6 Å². The molecule has 0 heterocycles. The fraction of sp³-hybridized carbons (Fsp3) is 0.333. The third kappa shape index (κ3) is 10.8. The SMILES string of the molecule is COC(=O)c1ccc(CN(C(=O)NC2CCCC2)c2ccccc2)cc1.NCC(=O)c1ccc(CN(C(=O)NC2CCCC2)c2ccccc2)cc1. The Morgan fingerprint density at radius 2 is 0.981 bits per heavy atom. The fourth-order valence-corrected chi connectivity index (χ4v) is 6.57. The van der Waals surface area contributed by atoms with Crippen molar-refractivity contribution in [3.8, 4) is 0 Å². The lowest BCUT2D eigenvalue weighted by Gasteiger charge is -2.25. The van der Waals surface area contributed by atoms with Gasteiger partial charge in [-0.2, -0.15) is 0 Å². The Labute approximate surface area is 306 Å². The van der Waals surface area contributed by atoms with Gasteiger partial charge in [0.1, 0.15) is 0 Å². The summed E-state index contributed by atoms with van der Waals surface area (Å²) in [6.07, 6.45) is 8.87. The molecule has 2 saturated carbocycles. The van der Waals surface area contributed by atoms with Crippen LogP contribution in [0.25, 0.3) is 0 Å². The average Bonchev–Trinajstić information content (AvgIpc) is 3.91. The number of benzene rings is 4. The third-order valence-corrected chi connectivity index (χ3v) is 9.51. The smallest absolute Gasteiger partial charge is 0.337 e. The zero-order valence-electron chi connectivity index (χ0n) is 29.8. The van der Waals surface area contributed by atoms with Gasteiger partial charge in [0.25, 0.3) is 0 Å². The summed E-state index contributed by atoms with van der Waals surface area (Å²) >= 11 is 0. The summed E-state index contributed by atoms with van der Waals surface area (Å²) in [6, 6.07) is 34.1. The van der Waals surface area contributed by atoms with Crippen molar-refractivity contribution in [3.63, 3.8) is 0 Å². The number of methoxy groups -OCH3 is 1. The van der Waals surface area contributed by atoms with Gasteiger partial charge in [-0.3, -0.25) is 14.6 Å². The Balaban J connectivity index is 0.000000201. The molecular formula is C42H49N5O5. The van der Waals surface area contributed by atoms with E-state index in [2.05, 4.69) is 10.6 Å². The maximum atomic E-state index is 12.9. The summed E-state index contributed by atoms with van der Waals surface area (Å²) in [4.78, 5) is 52.5. The van der Waals surface area contributed by atoms with E-state index in [0.29, 0.717) is 24.2 Å². The molecule has 10 heteroatoms. The number of urea groups is 2. The van der Waals surface area contributed by atoms with Gasteiger partial charge in [0, 0.05) is 29.0 Å². The Morgan fingerprint density at radius 3 is 1.35 bits per heavy atom. The van der Waals surface area contributed by atoms with Crippen LogP contribution in [0.5, 0.6) is 0 Å². The van der Waals surface area contributed by atoms with Crippen LogP contribution < -0.4 is 26.2 Å². The predicted molar refractivity (Wildman–Crippen MR) is 204 cm³/mol. The number of hydrogen-bond donors (Lipinski definition) is 3. The topological polar surface area (TPSA) is 134 Å². The van der Waals surface area contributed by atoms with E-state index in [1.54, 1.807) is 34.1 Å². The van der Waals surface area contributed by atoms with Gasteiger partial charge in [0.15, 0.2) is 5.78 Å². The maximum absolute atomic E-state index is 12.9. The summed E-state index contributed by atoms with van der Waals surface area (Å²) in [5, 5.41) is 6.30. The molecule has 272 valence electrons. The van der Waals surface area contributed by atoms with Gasteiger partial charge >= 0.3 is 18.0 Å². The Morgan fingerprint density at radius 1 is 0.596 bits per heavy atom. The molecule has 4 amide bonds. The van der Waals surface area contributed by atoms with Gasteiger partial charge < -0.3 is 21.1 Å². The lowest BCUT2D eigenvalue weighted by molar-refractivity contribution is 0.0600. The van der Waals surface area contributed by atoms with E-state index in [0.717, 1.165) is 48.2 Å². The first-order valence-corrected chi connectivity index (χ1v) is 18.1. The fourth-order valence-electron chi connectivity index (χ4n) is 6.57. The van der Waals surface area contributed by atoms with Crippen LogP contribution in [0.2, 0.25) is 0 Å². The summed E-state index contributed by atoms with van der Waals surface area (Å²) in [7, 11) is 1.36. The quantitative estimate of drug-likeness (QED) is 0.109. The number of carbonyl (C=O) groups excluding carboxylic acids is 4. The number of para-hydroxylation sites is 2. The van der Waals surface area contributed by atoms with E-state index in [1.807, 2.05) is 84.9 Å². The Bertz CT molecular complexity index is 1610. The number of hydrogen-bond acceptors (Lipinski definition) is 6. The molecule has 0 aliphatic heterocycles. The second kappa shape index (κ2) is 19.2. The minimum atomic E-state index is -0.365. The number of ether oxygens (including phenoxy) is 1. The van der Waals surface area contributed by atoms with Crippen LogP contribution in [0.3, 0.4) is 0 Å². The molecule has 2 fully saturated rings. The van der Waals surface area contributed by atoms with Crippen LogP contribution >= 0.6 is 0 Å². The van der Waals surface area contributed by atoms with Crippen molar-refractivity contribution < 1.29 is 23.9 Å². The molecule has 10 nitrogen and oxygen atoms in total. The molecule has 4 N–H and O–H groups in total. The van der Waals surface area contributed by atoms with Gasteiger partial charge in [0.05, 0.1) is 32.3 Å². The number of anilines is 2. The number of ketones is 1. The highest BCUT2D eigenvalue weighted by Gasteiger charge is 2.24. The summed E-state index contributed by atoms with van der Waals surface area (Å²) in [6.45, 7) is 0.878. The van der Waals surface area contributed by atoms with E-state index in [-0.39, 0.29) is 42.4 Å². The van der Waals surface area contributed by atoms with Crippen molar-refractivity contribution >= 4 is 35.2 Å². The zero-order chi connectivity index (χ0) is 36.7. The van der Waals surface area contributed by atoms with Crippen molar-refractivity contribution in [1.29, 1.82) is 0 Å². The number of esters is 1. The highest BCUT2D eigenvalue weighted by molar-refractivity contribution is 5.97. The molecule has 0 unspecified atom stereocenters. The molecule has 52 heavy (non-hydrogen) atoms. The van der Waals surface area contributed by atoms with E-state index < -0.39 is 0 Å². The Hall–Kier alpha value is -5.48. The average molecular weight is 704 g/mol. The molecular weight excluding hydrogens is 654 g/mol. The number of amides is 4. The van der Waals surface area contributed by atoms with Gasteiger partial charge in [-0.15, -0.1) is 0 Å². The predicted octanol–water partition coefficient (Wildman–Crippen LogP) is 7.62. The third-order valence-electron chi connectivity index (χ3n) is 9.51. The van der Waals surface area contributed by atoms with Crippen molar-refractivity contribution in [2.75, 3.05) is 23.5 Å². The minimum absolute atomic E-state index is 0.000713. The van der Waals surface area contributed by atoms with E-state index in [1.165, 1.54) is 32.8 Å². The van der Waals surface area contributed by atoms with E-state index in [9.17, 15) is 19.2 Å². The van der Waals surface area contributed by atoms with Gasteiger partial charge in [-0.25, -0.2) is 14.4 Å². The van der Waals surface area contributed by atoms with Crippen molar-refractivity contribution in [3.05, 3.63) is 131 Å². The number of rotatable bonds is 11. The van der Waals surface area contributed by atoms with Gasteiger partial charge in [-0.05, 0) is 73.2 Å². The molecule has 2 aliphatic carbocycles. The zero-order valence-corrected chi connectivity index (χ0v) is 29.8. The number of nitrogens with zero attached hydrogens (tertiary/aromatic N) is 2.